The largest absolute Gasteiger partial charge is 0.481 e. The number of rotatable bonds is 8. The first-order valence-corrected chi connectivity index (χ1v) is 8.79. The Labute approximate surface area is 133 Å². The maximum Gasteiger partial charge on any atom is 0.303 e. The van der Waals surface area contributed by atoms with Crippen LogP contribution in [0.25, 0.3) is 0 Å². The summed E-state index contributed by atoms with van der Waals surface area (Å²) >= 11 is 0. The first kappa shape index (κ1) is 18.4. The van der Waals surface area contributed by atoms with Crippen LogP contribution in [0.15, 0.2) is 29.2 Å². The van der Waals surface area contributed by atoms with Gasteiger partial charge in [0.15, 0.2) is 0 Å². The lowest BCUT2D eigenvalue weighted by atomic mass is 10.1. The summed E-state index contributed by atoms with van der Waals surface area (Å²) < 4.78 is 11.4. The standard InChI is InChI=1S/C16H23NO4S/c1-12(13-8-10-14(11-9-13)22(3)21)17(2)15(18)6-4-5-7-16(19)20/h8-12H,4-7H2,1-3H3,(H,19,20). The minimum absolute atomic E-state index is 0.000957. The van der Waals surface area contributed by atoms with E-state index in [0.29, 0.717) is 19.3 Å². The van der Waals surface area contributed by atoms with E-state index in [1.54, 1.807) is 18.2 Å². The van der Waals surface area contributed by atoms with Gasteiger partial charge in [-0.05, 0) is 37.5 Å². The molecule has 0 bridgehead atoms. The van der Waals surface area contributed by atoms with E-state index in [-0.39, 0.29) is 18.4 Å². The van der Waals surface area contributed by atoms with Gasteiger partial charge in [0.05, 0.1) is 6.04 Å². The van der Waals surface area contributed by atoms with E-state index in [9.17, 15) is 13.8 Å². The monoisotopic (exact) mass is 325 g/mol. The van der Waals surface area contributed by atoms with E-state index >= 15 is 0 Å². The maximum absolute atomic E-state index is 12.1. The second-order valence-electron chi connectivity index (χ2n) is 5.30. The molecule has 0 radical (unpaired) electrons. The number of aliphatic carboxylic acids is 1. The van der Waals surface area contributed by atoms with Gasteiger partial charge in [0.1, 0.15) is 0 Å². The van der Waals surface area contributed by atoms with Crippen molar-refractivity contribution in [2.75, 3.05) is 13.3 Å². The molecule has 0 fully saturated rings. The van der Waals surface area contributed by atoms with Crippen molar-refractivity contribution in [1.29, 1.82) is 0 Å². The Bertz CT molecular complexity index is 542. The number of hydrogen-bond acceptors (Lipinski definition) is 3. The Morgan fingerprint density at radius 1 is 1.18 bits per heavy atom. The van der Waals surface area contributed by atoms with Crippen molar-refractivity contribution < 1.29 is 18.9 Å². The number of carbonyl (C=O) groups excluding carboxylic acids is 1. The average molecular weight is 325 g/mol. The number of carboxylic acids is 1. The first-order valence-electron chi connectivity index (χ1n) is 7.23. The number of carbonyl (C=O) groups is 2. The van der Waals surface area contributed by atoms with Gasteiger partial charge in [0.2, 0.25) is 5.91 Å². The molecule has 2 atom stereocenters. The lowest BCUT2D eigenvalue weighted by Crippen LogP contribution is -2.29. The predicted molar refractivity (Wildman–Crippen MR) is 86.1 cm³/mol. The van der Waals surface area contributed by atoms with Gasteiger partial charge in [-0.25, -0.2) is 0 Å². The summed E-state index contributed by atoms with van der Waals surface area (Å²) in [7, 11) is 0.738. The minimum atomic E-state index is -1.01. The van der Waals surface area contributed by atoms with Crippen LogP contribution in [0, 0.1) is 0 Å². The molecule has 0 aromatic heterocycles. The van der Waals surface area contributed by atoms with E-state index in [1.165, 1.54) is 0 Å². The summed E-state index contributed by atoms with van der Waals surface area (Å²) in [5.74, 6) is -0.830. The fourth-order valence-electron chi connectivity index (χ4n) is 2.11. The van der Waals surface area contributed by atoms with Crippen molar-refractivity contribution in [2.45, 2.75) is 43.5 Å². The Morgan fingerprint density at radius 2 is 1.73 bits per heavy atom. The molecular weight excluding hydrogens is 302 g/mol. The molecule has 1 amide bonds. The number of hydrogen-bond donors (Lipinski definition) is 1. The number of amides is 1. The molecule has 0 aliphatic rings. The SMILES string of the molecule is CC(c1ccc(S(C)=O)cc1)N(C)C(=O)CCCCC(=O)O. The minimum Gasteiger partial charge on any atom is -0.481 e. The molecular formula is C16H23NO4S. The van der Waals surface area contributed by atoms with E-state index in [2.05, 4.69) is 0 Å². The highest BCUT2D eigenvalue weighted by Crippen LogP contribution is 2.21. The lowest BCUT2D eigenvalue weighted by Gasteiger charge is -2.25. The van der Waals surface area contributed by atoms with Crippen molar-refractivity contribution in [1.82, 2.24) is 4.90 Å². The van der Waals surface area contributed by atoms with Crippen LogP contribution in [0.4, 0.5) is 0 Å². The number of carboxylic acid groups (broad SMARTS) is 1. The van der Waals surface area contributed by atoms with E-state index in [1.807, 2.05) is 31.2 Å². The van der Waals surface area contributed by atoms with E-state index in [0.717, 1.165) is 10.5 Å². The molecule has 122 valence electrons. The van der Waals surface area contributed by atoms with E-state index in [4.69, 9.17) is 5.11 Å². The zero-order valence-corrected chi connectivity index (χ0v) is 14.1. The van der Waals surface area contributed by atoms with Crippen molar-refractivity contribution in [3.05, 3.63) is 29.8 Å². The third-order valence-electron chi connectivity index (χ3n) is 3.70. The van der Waals surface area contributed by atoms with Gasteiger partial charge in [0, 0.05) is 41.8 Å². The summed E-state index contributed by atoms with van der Waals surface area (Å²) in [6, 6.07) is 7.32. The number of nitrogens with zero attached hydrogens (tertiary/aromatic N) is 1. The van der Waals surface area contributed by atoms with Gasteiger partial charge in [0.25, 0.3) is 0 Å². The lowest BCUT2D eigenvalue weighted by molar-refractivity contribution is -0.137. The van der Waals surface area contributed by atoms with Crippen LogP contribution in [0.1, 0.15) is 44.2 Å². The van der Waals surface area contributed by atoms with Crippen molar-refractivity contribution >= 4 is 22.7 Å². The van der Waals surface area contributed by atoms with Crippen LogP contribution in [-0.2, 0) is 20.4 Å². The van der Waals surface area contributed by atoms with Gasteiger partial charge >= 0.3 is 5.97 Å². The molecule has 0 aliphatic heterocycles. The Balaban J connectivity index is 2.56. The third kappa shape index (κ3) is 5.60. The van der Waals surface area contributed by atoms with Crippen molar-refractivity contribution in [2.24, 2.45) is 0 Å². The molecule has 2 unspecified atom stereocenters. The molecule has 5 nitrogen and oxygen atoms in total. The normalized spacial score (nSPS) is 13.4. The summed E-state index contributed by atoms with van der Waals surface area (Å²) in [5, 5.41) is 8.57. The zero-order chi connectivity index (χ0) is 16.7. The summed E-state index contributed by atoms with van der Waals surface area (Å²) in [4.78, 5) is 25.0. The summed E-state index contributed by atoms with van der Waals surface area (Å²) in [5.41, 5.74) is 0.982. The second-order valence-corrected chi connectivity index (χ2v) is 6.68. The fourth-order valence-corrected chi connectivity index (χ4v) is 2.63. The molecule has 0 spiro atoms. The molecule has 6 heteroatoms. The fraction of sp³-hybridized carbons (Fsp3) is 0.500. The quantitative estimate of drug-likeness (QED) is 0.746. The number of benzene rings is 1. The Hall–Kier alpha value is -1.69. The Morgan fingerprint density at radius 3 is 2.23 bits per heavy atom. The van der Waals surface area contributed by atoms with Crippen molar-refractivity contribution in [3.8, 4) is 0 Å². The highest BCUT2D eigenvalue weighted by Gasteiger charge is 2.17. The summed E-state index contributed by atoms with van der Waals surface area (Å²) in [6.07, 6.45) is 3.18. The average Bonchev–Trinajstić information content (AvgIpc) is 2.49. The van der Waals surface area contributed by atoms with Crippen LogP contribution in [0.3, 0.4) is 0 Å². The van der Waals surface area contributed by atoms with Gasteiger partial charge < -0.3 is 10.0 Å². The Kier molecular flexibility index (Phi) is 7.24. The second kappa shape index (κ2) is 8.68. The molecule has 1 aromatic carbocycles. The molecule has 0 aliphatic carbocycles. The van der Waals surface area contributed by atoms with Crippen LogP contribution < -0.4 is 0 Å². The molecule has 1 N–H and O–H groups in total. The van der Waals surface area contributed by atoms with Gasteiger partial charge in [-0.2, -0.15) is 0 Å². The molecule has 0 heterocycles. The van der Waals surface area contributed by atoms with Crippen LogP contribution >= 0.6 is 0 Å². The first-order chi connectivity index (χ1) is 10.3. The van der Waals surface area contributed by atoms with E-state index < -0.39 is 16.8 Å². The van der Waals surface area contributed by atoms with Crippen molar-refractivity contribution in [3.63, 3.8) is 0 Å². The smallest absolute Gasteiger partial charge is 0.303 e. The molecule has 1 rings (SSSR count). The van der Waals surface area contributed by atoms with Gasteiger partial charge in [-0.15, -0.1) is 0 Å². The maximum atomic E-state index is 12.1. The van der Waals surface area contributed by atoms with Crippen LogP contribution in [-0.4, -0.2) is 39.4 Å². The topological polar surface area (TPSA) is 74.7 Å². The molecule has 22 heavy (non-hydrogen) atoms. The number of unbranched alkanes of at least 4 members (excludes halogenated alkanes) is 1. The third-order valence-corrected chi connectivity index (χ3v) is 4.64. The highest BCUT2D eigenvalue weighted by atomic mass is 32.2. The zero-order valence-electron chi connectivity index (χ0n) is 13.2. The predicted octanol–water partition coefficient (Wildman–Crippen LogP) is 2.59. The molecule has 0 saturated heterocycles. The van der Waals surface area contributed by atoms with Gasteiger partial charge in [-0.1, -0.05) is 12.1 Å². The van der Waals surface area contributed by atoms with Crippen LogP contribution in [0.2, 0.25) is 0 Å². The molecule has 0 saturated carbocycles. The summed E-state index contributed by atoms with van der Waals surface area (Å²) in [6.45, 7) is 1.94. The van der Waals surface area contributed by atoms with Gasteiger partial charge in [-0.3, -0.25) is 13.8 Å². The van der Waals surface area contributed by atoms with Crippen LogP contribution in [0.5, 0.6) is 0 Å². The highest BCUT2D eigenvalue weighted by molar-refractivity contribution is 7.84. The molecule has 1 aromatic rings.